The summed E-state index contributed by atoms with van der Waals surface area (Å²) < 4.78 is 5.51. The summed E-state index contributed by atoms with van der Waals surface area (Å²) in [5.74, 6) is 1.47. The number of amides is 1. The van der Waals surface area contributed by atoms with Gasteiger partial charge in [-0.15, -0.1) is 0 Å². The number of para-hydroxylation sites is 1. The SMILES string of the molecule is Cc1ccc2c(N3CC[C@@H](NC(=O)[C@H]4CCCO4)C3)nc(-c3ccccc3O)nc2c1.[HH].[HH].[HH]. The maximum absolute atomic E-state index is 12.5. The number of fused-ring (bicyclic) bond motifs is 1. The Morgan fingerprint density at radius 1 is 1.23 bits per heavy atom. The van der Waals surface area contributed by atoms with Gasteiger partial charge in [0.1, 0.15) is 17.7 Å². The van der Waals surface area contributed by atoms with Gasteiger partial charge in [0.15, 0.2) is 5.82 Å². The highest BCUT2D eigenvalue weighted by atomic mass is 16.5. The van der Waals surface area contributed by atoms with Crippen LogP contribution in [0.15, 0.2) is 42.5 Å². The second kappa shape index (κ2) is 8.15. The third-order valence-electron chi connectivity index (χ3n) is 6.03. The van der Waals surface area contributed by atoms with Gasteiger partial charge >= 0.3 is 0 Å². The third kappa shape index (κ3) is 3.93. The summed E-state index contributed by atoms with van der Waals surface area (Å²) in [5.41, 5.74) is 2.56. The van der Waals surface area contributed by atoms with E-state index >= 15 is 0 Å². The lowest BCUT2D eigenvalue weighted by molar-refractivity contribution is -0.130. The average Bonchev–Trinajstić information content (AvgIpc) is 3.45. The maximum atomic E-state index is 12.5. The van der Waals surface area contributed by atoms with Crippen LogP contribution in [0.25, 0.3) is 22.3 Å². The molecular weight excluding hydrogens is 392 g/mol. The smallest absolute Gasteiger partial charge is 0.249 e. The fourth-order valence-corrected chi connectivity index (χ4v) is 4.40. The van der Waals surface area contributed by atoms with E-state index in [2.05, 4.69) is 16.3 Å². The van der Waals surface area contributed by atoms with E-state index in [1.54, 1.807) is 12.1 Å². The van der Waals surface area contributed by atoms with Crippen molar-refractivity contribution in [3.63, 3.8) is 0 Å². The summed E-state index contributed by atoms with van der Waals surface area (Å²) in [6.07, 6.45) is 2.27. The van der Waals surface area contributed by atoms with E-state index in [1.165, 1.54) is 0 Å². The lowest BCUT2D eigenvalue weighted by Crippen LogP contribution is -2.42. The normalized spacial score (nSPS) is 21.0. The molecule has 2 aliphatic heterocycles. The van der Waals surface area contributed by atoms with Crippen molar-refractivity contribution in [2.45, 2.75) is 38.3 Å². The number of rotatable bonds is 4. The number of ether oxygens (including phenoxy) is 1. The molecule has 2 N–H and O–H groups in total. The number of anilines is 1. The number of aromatic hydroxyl groups is 1. The standard InChI is InChI=1S/C24H26N4O3.3H2/c1-15-8-9-17-19(13-15)26-22(18-5-2-3-6-20(18)29)27-23(17)28-11-10-16(14-28)25-24(30)21-7-4-12-31-21;;;/h2-3,5-6,8-9,13,16,21,29H,4,7,10-12,14H2,1H3,(H,25,30);3*1H/t16-,21-;;;/m1.../s1. The molecule has 2 aromatic carbocycles. The van der Waals surface area contributed by atoms with Crippen LogP contribution < -0.4 is 10.2 Å². The molecule has 0 spiro atoms. The van der Waals surface area contributed by atoms with E-state index in [0.717, 1.165) is 48.1 Å². The van der Waals surface area contributed by atoms with Crippen LogP contribution in [0, 0.1) is 6.92 Å². The van der Waals surface area contributed by atoms with Gasteiger partial charge in [-0.3, -0.25) is 4.79 Å². The van der Waals surface area contributed by atoms with Crippen molar-refractivity contribution in [3.8, 4) is 17.1 Å². The first kappa shape index (κ1) is 19.8. The highest BCUT2D eigenvalue weighted by molar-refractivity contribution is 5.92. The van der Waals surface area contributed by atoms with Crippen LogP contribution in [0.3, 0.4) is 0 Å². The zero-order chi connectivity index (χ0) is 21.4. The molecule has 166 valence electrons. The molecule has 1 aromatic heterocycles. The van der Waals surface area contributed by atoms with Crippen molar-refractivity contribution in [3.05, 3.63) is 48.0 Å². The Labute approximate surface area is 185 Å². The zero-order valence-corrected chi connectivity index (χ0v) is 17.5. The van der Waals surface area contributed by atoms with Gasteiger partial charge in [-0.05, 0) is 56.0 Å². The number of carbonyl (C=O) groups excluding carboxylic acids is 1. The van der Waals surface area contributed by atoms with Gasteiger partial charge in [-0.2, -0.15) is 0 Å². The summed E-state index contributed by atoms with van der Waals surface area (Å²) in [4.78, 5) is 24.2. The minimum atomic E-state index is -0.315. The van der Waals surface area contributed by atoms with Gasteiger partial charge in [0.05, 0.1) is 11.1 Å². The summed E-state index contributed by atoms with van der Waals surface area (Å²) in [6.45, 7) is 4.17. The van der Waals surface area contributed by atoms with Gasteiger partial charge in [-0.1, -0.05) is 18.2 Å². The summed E-state index contributed by atoms with van der Waals surface area (Å²) >= 11 is 0. The molecule has 0 saturated carbocycles. The predicted octanol–water partition coefficient (Wildman–Crippen LogP) is 3.92. The molecular formula is C24H32N4O3. The highest BCUT2D eigenvalue weighted by Crippen LogP contribution is 2.33. The first-order chi connectivity index (χ1) is 15.1. The third-order valence-corrected chi connectivity index (χ3v) is 6.03. The summed E-state index contributed by atoms with van der Waals surface area (Å²) in [7, 11) is 0. The second-order valence-electron chi connectivity index (χ2n) is 8.35. The number of aryl methyl sites for hydroxylation is 1. The molecule has 7 nitrogen and oxygen atoms in total. The lowest BCUT2D eigenvalue weighted by Gasteiger charge is -2.21. The molecule has 0 bridgehead atoms. The Balaban J connectivity index is 0.00000136. The summed E-state index contributed by atoms with van der Waals surface area (Å²) in [6, 6.07) is 13.3. The van der Waals surface area contributed by atoms with Gasteiger partial charge in [-0.25, -0.2) is 9.97 Å². The Hall–Kier alpha value is -3.19. The van der Waals surface area contributed by atoms with E-state index < -0.39 is 0 Å². The quantitative estimate of drug-likeness (QED) is 0.660. The van der Waals surface area contributed by atoms with Crippen molar-refractivity contribution >= 4 is 22.6 Å². The molecule has 5 rings (SSSR count). The zero-order valence-electron chi connectivity index (χ0n) is 17.5. The van der Waals surface area contributed by atoms with E-state index in [-0.39, 0.29) is 28.1 Å². The Bertz CT molecular complexity index is 1140. The Morgan fingerprint density at radius 3 is 2.90 bits per heavy atom. The number of phenols is 1. The first-order valence-electron chi connectivity index (χ1n) is 10.8. The number of hydrogen-bond donors (Lipinski definition) is 2. The molecule has 2 atom stereocenters. The van der Waals surface area contributed by atoms with Crippen LogP contribution in [0.2, 0.25) is 0 Å². The number of nitrogens with one attached hydrogen (secondary N) is 1. The van der Waals surface area contributed by atoms with Crippen molar-refractivity contribution < 1.29 is 18.9 Å². The van der Waals surface area contributed by atoms with Crippen molar-refractivity contribution in [1.29, 1.82) is 0 Å². The van der Waals surface area contributed by atoms with Gasteiger partial charge in [0.2, 0.25) is 5.91 Å². The Kier molecular flexibility index (Phi) is 5.19. The number of phenolic OH excluding ortho intramolecular Hbond substituents is 1. The monoisotopic (exact) mass is 424 g/mol. The van der Waals surface area contributed by atoms with Crippen molar-refractivity contribution in [2.75, 3.05) is 24.6 Å². The Morgan fingerprint density at radius 2 is 2.10 bits per heavy atom. The lowest BCUT2D eigenvalue weighted by atomic mass is 10.1. The van der Waals surface area contributed by atoms with Crippen molar-refractivity contribution in [2.24, 2.45) is 0 Å². The van der Waals surface area contributed by atoms with E-state index in [9.17, 15) is 9.90 Å². The largest absolute Gasteiger partial charge is 0.507 e. The predicted molar refractivity (Wildman–Crippen MR) is 125 cm³/mol. The van der Waals surface area contributed by atoms with Crippen LogP contribution in [0.4, 0.5) is 5.82 Å². The molecule has 3 aromatic rings. The molecule has 3 heterocycles. The van der Waals surface area contributed by atoms with Crippen LogP contribution >= 0.6 is 0 Å². The fourth-order valence-electron chi connectivity index (χ4n) is 4.40. The fraction of sp³-hybridized carbons (Fsp3) is 0.375. The average molecular weight is 425 g/mol. The van der Waals surface area contributed by atoms with Crippen LogP contribution in [-0.4, -0.2) is 52.8 Å². The molecule has 0 unspecified atom stereocenters. The first-order valence-corrected chi connectivity index (χ1v) is 10.8. The summed E-state index contributed by atoms with van der Waals surface area (Å²) in [5, 5.41) is 14.5. The number of benzene rings is 2. The molecule has 2 fully saturated rings. The van der Waals surface area contributed by atoms with Crippen molar-refractivity contribution in [1.82, 2.24) is 15.3 Å². The number of aromatic nitrogens is 2. The maximum Gasteiger partial charge on any atom is 0.249 e. The second-order valence-corrected chi connectivity index (χ2v) is 8.35. The number of hydrogen-bond acceptors (Lipinski definition) is 6. The molecule has 1 amide bonds. The molecule has 2 aliphatic rings. The molecule has 0 radical (unpaired) electrons. The molecule has 0 aliphatic carbocycles. The van der Waals surface area contributed by atoms with E-state index in [0.29, 0.717) is 24.5 Å². The molecule has 31 heavy (non-hydrogen) atoms. The number of carbonyl (C=O) groups is 1. The molecule has 2 saturated heterocycles. The highest BCUT2D eigenvalue weighted by Gasteiger charge is 2.30. The van der Waals surface area contributed by atoms with Gasteiger partial charge in [0.25, 0.3) is 0 Å². The van der Waals surface area contributed by atoms with E-state index in [1.807, 2.05) is 31.2 Å². The minimum Gasteiger partial charge on any atom is -0.507 e. The van der Waals surface area contributed by atoms with Crippen LogP contribution in [0.5, 0.6) is 5.75 Å². The molecule has 7 heteroatoms. The van der Waals surface area contributed by atoms with Crippen LogP contribution in [0.1, 0.15) is 29.1 Å². The van der Waals surface area contributed by atoms with Crippen LogP contribution in [-0.2, 0) is 9.53 Å². The topological polar surface area (TPSA) is 87.6 Å². The minimum absolute atomic E-state index is 0. The van der Waals surface area contributed by atoms with Gasteiger partial charge < -0.3 is 20.1 Å². The number of nitrogens with zero attached hydrogens (tertiary/aromatic N) is 3. The van der Waals surface area contributed by atoms with Gasteiger partial charge in [0, 0.05) is 35.4 Å². The van der Waals surface area contributed by atoms with E-state index in [4.69, 9.17) is 14.7 Å².